The van der Waals surface area contributed by atoms with Gasteiger partial charge in [0.1, 0.15) is 12.7 Å². The molecule has 42 heavy (non-hydrogen) atoms. The SMILES string of the molecule is COc1cc(C2C(C(=O)OC3CCCC3)=C(C)NC3=C2C(=O)CC(c2ccccc2)C3)ccc1OCc1ccccc1. The number of ether oxygens (including phenoxy) is 3. The quantitative estimate of drug-likeness (QED) is 0.294. The summed E-state index contributed by atoms with van der Waals surface area (Å²) >= 11 is 0. The van der Waals surface area contributed by atoms with Crippen LogP contribution in [0, 0.1) is 0 Å². The van der Waals surface area contributed by atoms with Crippen LogP contribution in [0.2, 0.25) is 0 Å². The fourth-order valence-electron chi connectivity index (χ4n) is 6.54. The van der Waals surface area contributed by atoms with Gasteiger partial charge >= 0.3 is 5.97 Å². The molecule has 2 aliphatic carbocycles. The van der Waals surface area contributed by atoms with E-state index in [1.165, 1.54) is 0 Å². The highest BCUT2D eigenvalue weighted by Gasteiger charge is 2.42. The maximum absolute atomic E-state index is 14.0. The molecular formula is C36H37NO5. The van der Waals surface area contributed by atoms with E-state index in [0.29, 0.717) is 42.1 Å². The monoisotopic (exact) mass is 563 g/mol. The highest BCUT2D eigenvalue weighted by atomic mass is 16.5. The molecular weight excluding hydrogens is 526 g/mol. The first kappa shape index (κ1) is 27.8. The van der Waals surface area contributed by atoms with E-state index in [-0.39, 0.29) is 23.8 Å². The van der Waals surface area contributed by atoms with Gasteiger partial charge in [-0.3, -0.25) is 4.79 Å². The van der Waals surface area contributed by atoms with E-state index < -0.39 is 5.92 Å². The molecule has 1 N–H and O–H groups in total. The molecule has 1 saturated carbocycles. The summed E-state index contributed by atoms with van der Waals surface area (Å²) in [6.07, 6.45) is 4.88. The van der Waals surface area contributed by atoms with Crippen molar-refractivity contribution >= 4 is 11.8 Å². The Morgan fingerprint density at radius 3 is 2.31 bits per heavy atom. The maximum Gasteiger partial charge on any atom is 0.337 e. The van der Waals surface area contributed by atoms with Gasteiger partial charge in [-0.1, -0.05) is 66.7 Å². The molecule has 216 valence electrons. The van der Waals surface area contributed by atoms with E-state index in [1.807, 2.05) is 73.7 Å². The van der Waals surface area contributed by atoms with Crippen molar-refractivity contribution < 1.29 is 23.8 Å². The number of hydrogen-bond donors (Lipinski definition) is 1. The molecule has 3 aliphatic rings. The molecule has 0 aromatic heterocycles. The van der Waals surface area contributed by atoms with E-state index in [4.69, 9.17) is 14.2 Å². The van der Waals surface area contributed by atoms with Gasteiger partial charge in [0.25, 0.3) is 0 Å². The second-order valence-electron chi connectivity index (χ2n) is 11.4. The molecule has 1 fully saturated rings. The lowest BCUT2D eigenvalue weighted by atomic mass is 9.71. The molecule has 2 unspecified atom stereocenters. The van der Waals surface area contributed by atoms with Gasteiger partial charge in [-0.2, -0.15) is 0 Å². The van der Waals surface area contributed by atoms with E-state index in [0.717, 1.165) is 53.8 Å². The zero-order chi connectivity index (χ0) is 29.1. The Kier molecular flexibility index (Phi) is 8.13. The molecule has 3 aromatic rings. The van der Waals surface area contributed by atoms with Crippen LogP contribution in [-0.2, 0) is 20.9 Å². The average molecular weight is 564 g/mol. The van der Waals surface area contributed by atoms with Gasteiger partial charge in [-0.25, -0.2) is 4.79 Å². The number of nitrogens with one attached hydrogen (secondary N) is 1. The van der Waals surface area contributed by atoms with Crippen LogP contribution < -0.4 is 14.8 Å². The molecule has 1 heterocycles. The van der Waals surface area contributed by atoms with Crippen LogP contribution in [-0.4, -0.2) is 25.0 Å². The molecule has 1 aliphatic heterocycles. The van der Waals surface area contributed by atoms with Crippen LogP contribution >= 0.6 is 0 Å². The molecule has 3 aromatic carbocycles. The molecule has 6 heteroatoms. The van der Waals surface area contributed by atoms with Crippen LogP contribution in [0.1, 0.15) is 74.0 Å². The van der Waals surface area contributed by atoms with Crippen molar-refractivity contribution in [3.63, 3.8) is 0 Å². The summed E-state index contributed by atoms with van der Waals surface area (Å²) in [5.74, 6) is 0.360. The molecule has 0 bridgehead atoms. The summed E-state index contributed by atoms with van der Waals surface area (Å²) in [6.45, 7) is 2.31. The number of dihydropyridines is 1. The van der Waals surface area contributed by atoms with Gasteiger partial charge in [-0.05, 0) is 73.8 Å². The third kappa shape index (κ3) is 5.71. The standard InChI is InChI=1S/C36H37NO5/c1-23-33(36(39)42-28-15-9-10-16-28)34(35-29(37-23)19-27(20-30(35)38)25-13-7-4-8-14-25)26-17-18-31(32(21-26)40-2)41-22-24-11-5-3-6-12-24/h3-8,11-14,17-18,21,27-28,34,37H,9-10,15-16,19-20,22H2,1-2H3. The third-order valence-corrected chi connectivity index (χ3v) is 8.65. The minimum Gasteiger partial charge on any atom is -0.493 e. The minimum absolute atomic E-state index is 0.0460. The van der Waals surface area contributed by atoms with Gasteiger partial charge in [0.05, 0.1) is 12.7 Å². The van der Waals surface area contributed by atoms with Gasteiger partial charge in [0.15, 0.2) is 17.3 Å². The molecule has 0 radical (unpaired) electrons. The highest BCUT2D eigenvalue weighted by Crippen LogP contribution is 2.47. The number of hydrogen-bond acceptors (Lipinski definition) is 6. The Hall–Kier alpha value is -4.32. The first-order valence-corrected chi connectivity index (χ1v) is 14.9. The summed E-state index contributed by atoms with van der Waals surface area (Å²) in [7, 11) is 1.61. The number of carbonyl (C=O) groups is 2. The van der Waals surface area contributed by atoms with E-state index in [2.05, 4.69) is 17.4 Å². The Morgan fingerprint density at radius 1 is 0.881 bits per heavy atom. The van der Waals surface area contributed by atoms with E-state index >= 15 is 0 Å². The third-order valence-electron chi connectivity index (χ3n) is 8.65. The molecule has 6 nitrogen and oxygen atoms in total. The Balaban J connectivity index is 1.37. The normalized spacial score (nSPS) is 20.7. The molecule has 0 spiro atoms. The van der Waals surface area contributed by atoms with Gasteiger partial charge in [0.2, 0.25) is 0 Å². The first-order chi connectivity index (χ1) is 20.5. The smallest absolute Gasteiger partial charge is 0.337 e. The topological polar surface area (TPSA) is 73.9 Å². The Labute approximate surface area is 247 Å². The predicted molar refractivity (Wildman–Crippen MR) is 161 cm³/mol. The molecule has 6 rings (SSSR count). The Bertz CT molecular complexity index is 1520. The van der Waals surface area contributed by atoms with Crippen molar-refractivity contribution in [1.29, 1.82) is 0 Å². The predicted octanol–water partition coefficient (Wildman–Crippen LogP) is 7.12. The lowest BCUT2D eigenvalue weighted by Gasteiger charge is -2.37. The zero-order valence-electron chi connectivity index (χ0n) is 24.2. The van der Waals surface area contributed by atoms with Gasteiger partial charge in [0, 0.05) is 29.3 Å². The summed E-state index contributed by atoms with van der Waals surface area (Å²) in [5.41, 5.74) is 5.74. The van der Waals surface area contributed by atoms with Crippen LogP contribution in [0.3, 0.4) is 0 Å². The van der Waals surface area contributed by atoms with E-state index in [1.54, 1.807) is 7.11 Å². The van der Waals surface area contributed by atoms with Crippen LogP contribution in [0.4, 0.5) is 0 Å². The largest absolute Gasteiger partial charge is 0.493 e. The molecule has 0 amide bonds. The van der Waals surface area contributed by atoms with Crippen molar-refractivity contribution in [2.45, 2.75) is 70.0 Å². The van der Waals surface area contributed by atoms with Crippen LogP contribution in [0.25, 0.3) is 0 Å². The van der Waals surface area contributed by atoms with E-state index in [9.17, 15) is 9.59 Å². The highest BCUT2D eigenvalue weighted by molar-refractivity contribution is 6.04. The number of methoxy groups -OCH3 is 1. The zero-order valence-corrected chi connectivity index (χ0v) is 24.2. The lowest BCUT2D eigenvalue weighted by Crippen LogP contribution is -2.36. The van der Waals surface area contributed by atoms with Crippen LogP contribution in [0.5, 0.6) is 11.5 Å². The fourth-order valence-corrected chi connectivity index (χ4v) is 6.54. The van der Waals surface area contributed by atoms with Gasteiger partial charge in [-0.15, -0.1) is 0 Å². The number of ketones is 1. The Morgan fingerprint density at radius 2 is 1.60 bits per heavy atom. The summed E-state index contributed by atoms with van der Waals surface area (Å²) in [4.78, 5) is 27.8. The molecule has 2 atom stereocenters. The number of esters is 1. The van der Waals surface area contributed by atoms with Crippen molar-refractivity contribution in [3.8, 4) is 11.5 Å². The number of allylic oxidation sites excluding steroid dienone is 3. The summed E-state index contributed by atoms with van der Waals surface area (Å²) in [6, 6.07) is 25.8. The van der Waals surface area contributed by atoms with Crippen molar-refractivity contribution in [3.05, 3.63) is 118 Å². The number of rotatable bonds is 8. The number of benzene rings is 3. The van der Waals surface area contributed by atoms with Crippen molar-refractivity contribution in [2.75, 3.05) is 7.11 Å². The first-order valence-electron chi connectivity index (χ1n) is 14.9. The number of carbonyl (C=O) groups excluding carboxylic acids is 2. The lowest BCUT2D eigenvalue weighted by molar-refractivity contribution is -0.144. The summed E-state index contributed by atoms with van der Waals surface area (Å²) < 4.78 is 17.9. The number of Topliss-reactive ketones (excluding diaryl/α,β-unsaturated/α-hetero) is 1. The second kappa shape index (κ2) is 12.3. The maximum atomic E-state index is 14.0. The molecule has 0 saturated heterocycles. The van der Waals surface area contributed by atoms with Crippen molar-refractivity contribution in [1.82, 2.24) is 5.32 Å². The van der Waals surface area contributed by atoms with Gasteiger partial charge < -0.3 is 19.5 Å². The average Bonchev–Trinajstić information content (AvgIpc) is 3.53. The minimum atomic E-state index is -0.559. The summed E-state index contributed by atoms with van der Waals surface area (Å²) in [5, 5.41) is 3.46. The fraction of sp³-hybridized carbons (Fsp3) is 0.333. The van der Waals surface area contributed by atoms with Crippen molar-refractivity contribution in [2.24, 2.45) is 0 Å². The van der Waals surface area contributed by atoms with Crippen LogP contribution in [0.15, 0.2) is 101 Å². The second-order valence-corrected chi connectivity index (χ2v) is 11.4.